The fourth-order valence-electron chi connectivity index (χ4n) is 0.833. The van der Waals surface area contributed by atoms with E-state index in [1.54, 1.807) is 27.7 Å². The van der Waals surface area contributed by atoms with Crippen LogP contribution in [-0.2, 0) is 0 Å². The minimum Gasteiger partial charge on any atom is -0.378 e. The summed E-state index contributed by atoms with van der Waals surface area (Å²) in [6, 6.07) is 0. The van der Waals surface area contributed by atoms with Gasteiger partial charge in [-0.1, -0.05) is 35.8 Å². The van der Waals surface area contributed by atoms with Gasteiger partial charge >= 0.3 is 0 Å². The van der Waals surface area contributed by atoms with Crippen molar-refractivity contribution in [1.82, 2.24) is 0 Å². The first-order valence-corrected chi connectivity index (χ1v) is 5.21. The molecule has 0 aliphatic carbocycles. The molecule has 0 fully saturated rings. The molecule has 0 saturated heterocycles. The van der Waals surface area contributed by atoms with Gasteiger partial charge in [0, 0.05) is 12.8 Å². The smallest absolute Gasteiger partial charge is 0.119 e. The fraction of sp³-hybridized carbons (Fsp3) is 0.571. The Labute approximate surface area is 98.4 Å². The van der Waals surface area contributed by atoms with Gasteiger partial charge in [-0.25, -0.2) is 0 Å². The van der Waals surface area contributed by atoms with Crippen molar-refractivity contribution >= 4 is 0 Å². The Bertz CT molecular complexity index is 320. The Morgan fingerprint density at radius 3 is 1.50 bits per heavy atom. The minimum absolute atomic E-state index is 0.518. The van der Waals surface area contributed by atoms with Crippen LogP contribution in [0.3, 0.4) is 0 Å². The van der Waals surface area contributed by atoms with Crippen LogP contribution in [0.25, 0.3) is 0 Å². The van der Waals surface area contributed by atoms with E-state index in [-0.39, 0.29) is 0 Å². The molecule has 0 aromatic heterocycles. The first kappa shape index (κ1) is 14.8. The van der Waals surface area contributed by atoms with Crippen molar-refractivity contribution in [3.05, 3.63) is 12.2 Å². The van der Waals surface area contributed by atoms with Gasteiger partial charge in [-0.15, -0.1) is 0 Å². The van der Waals surface area contributed by atoms with Gasteiger partial charge < -0.3 is 10.2 Å². The molecule has 2 nitrogen and oxygen atoms in total. The molecule has 0 aliphatic rings. The molecule has 0 saturated carbocycles. The van der Waals surface area contributed by atoms with E-state index in [1.165, 1.54) is 0 Å². The minimum atomic E-state index is -0.959. The van der Waals surface area contributed by atoms with Gasteiger partial charge in [-0.05, 0) is 27.7 Å². The van der Waals surface area contributed by atoms with Crippen LogP contribution in [0.2, 0.25) is 0 Å². The summed E-state index contributed by atoms with van der Waals surface area (Å²) in [6.07, 6.45) is 1.04. The lowest BCUT2D eigenvalue weighted by Gasteiger charge is -2.06. The highest BCUT2D eigenvalue weighted by Crippen LogP contribution is 2.04. The molecular formula is C14H20O2. The quantitative estimate of drug-likeness (QED) is 0.551. The second kappa shape index (κ2) is 5.75. The molecule has 0 aromatic rings. The van der Waals surface area contributed by atoms with Crippen LogP contribution in [0.4, 0.5) is 0 Å². The molecule has 0 rings (SSSR count). The van der Waals surface area contributed by atoms with Crippen molar-refractivity contribution in [3.63, 3.8) is 0 Å². The first-order valence-electron chi connectivity index (χ1n) is 5.21. The second-order valence-electron chi connectivity index (χ2n) is 4.83. The third-order valence-electron chi connectivity index (χ3n) is 1.47. The number of rotatable bonds is 2. The predicted octanol–water partition coefficient (Wildman–Crippen LogP) is 1.87. The van der Waals surface area contributed by atoms with Crippen molar-refractivity contribution in [2.24, 2.45) is 0 Å². The summed E-state index contributed by atoms with van der Waals surface area (Å²) < 4.78 is 0. The van der Waals surface area contributed by atoms with E-state index in [0.717, 1.165) is 5.57 Å². The molecule has 0 aliphatic heterocycles. The van der Waals surface area contributed by atoms with E-state index in [4.69, 9.17) is 0 Å². The van der Waals surface area contributed by atoms with Crippen molar-refractivity contribution in [1.29, 1.82) is 0 Å². The maximum absolute atomic E-state index is 9.35. The lowest BCUT2D eigenvalue weighted by atomic mass is 10.1. The third kappa shape index (κ3) is 10.9. The first-order chi connectivity index (χ1) is 7.10. The van der Waals surface area contributed by atoms with Crippen LogP contribution in [0.1, 0.15) is 40.5 Å². The Morgan fingerprint density at radius 1 is 0.938 bits per heavy atom. The van der Waals surface area contributed by atoms with Crippen molar-refractivity contribution in [2.45, 2.75) is 51.7 Å². The van der Waals surface area contributed by atoms with Crippen LogP contribution in [0.5, 0.6) is 0 Å². The lowest BCUT2D eigenvalue weighted by Crippen LogP contribution is -2.14. The Kier molecular flexibility index (Phi) is 5.31. The molecule has 88 valence electrons. The number of aliphatic hydroxyl groups is 2. The van der Waals surface area contributed by atoms with Crippen molar-refractivity contribution < 1.29 is 10.2 Å². The molecule has 0 unspecified atom stereocenters. The summed E-state index contributed by atoms with van der Waals surface area (Å²) in [4.78, 5) is 0. The van der Waals surface area contributed by atoms with Gasteiger partial charge in [0.25, 0.3) is 0 Å². The van der Waals surface area contributed by atoms with Crippen LogP contribution in [0, 0.1) is 23.7 Å². The van der Waals surface area contributed by atoms with Gasteiger partial charge in [-0.2, -0.15) is 0 Å². The Balaban J connectivity index is 4.10. The van der Waals surface area contributed by atoms with Gasteiger partial charge in [0.05, 0.1) is 0 Å². The summed E-state index contributed by atoms with van der Waals surface area (Å²) in [6.45, 7) is 10.4. The van der Waals surface area contributed by atoms with Gasteiger partial charge in [0.1, 0.15) is 11.2 Å². The fourth-order valence-corrected chi connectivity index (χ4v) is 0.833. The number of hydrogen-bond acceptors (Lipinski definition) is 2. The maximum Gasteiger partial charge on any atom is 0.119 e. The van der Waals surface area contributed by atoms with Crippen LogP contribution < -0.4 is 0 Å². The largest absolute Gasteiger partial charge is 0.378 e. The lowest BCUT2D eigenvalue weighted by molar-refractivity contribution is 0.143. The summed E-state index contributed by atoms with van der Waals surface area (Å²) in [5.74, 6) is 11.1. The monoisotopic (exact) mass is 220 g/mol. The normalized spacial score (nSPS) is 10.9. The SMILES string of the molecule is C=C(CC#CC(C)(C)O)CC#CC(C)(C)O. The molecule has 0 amide bonds. The molecule has 2 heteroatoms. The topological polar surface area (TPSA) is 40.5 Å². The summed E-state index contributed by atoms with van der Waals surface area (Å²) in [5, 5.41) is 18.7. The zero-order chi connectivity index (χ0) is 12.8. The average Bonchev–Trinajstić information content (AvgIpc) is 1.98. The van der Waals surface area contributed by atoms with Gasteiger partial charge in [-0.3, -0.25) is 0 Å². The van der Waals surface area contributed by atoms with E-state index < -0.39 is 11.2 Å². The molecule has 0 spiro atoms. The van der Waals surface area contributed by atoms with E-state index in [9.17, 15) is 10.2 Å². The molecule has 0 heterocycles. The molecule has 0 aromatic carbocycles. The molecule has 0 atom stereocenters. The molecular weight excluding hydrogens is 200 g/mol. The second-order valence-corrected chi connectivity index (χ2v) is 4.83. The van der Waals surface area contributed by atoms with Gasteiger partial charge in [0.2, 0.25) is 0 Å². The number of allylic oxidation sites excluding steroid dienone is 1. The highest BCUT2D eigenvalue weighted by molar-refractivity contribution is 5.21. The average molecular weight is 220 g/mol. The zero-order valence-electron chi connectivity index (χ0n) is 10.5. The summed E-state index contributed by atoms with van der Waals surface area (Å²) in [5.41, 5.74) is -1.04. The molecule has 0 radical (unpaired) electrons. The summed E-state index contributed by atoms with van der Waals surface area (Å²) >= 11 is 0. The Hall–Kier alpha value is -1.22. The van der Waals surface area contributed by atoms with Crippen molar-refractivity contribution in [2.75, 3.05) is 0 Å². The highest BCUT2D eigenvalue weighted by atomic mass is 16.3. The third-order valence-corrected chi connectivity index (χ3v) is 1.47. The van der Waals surface area contributed by atoms with Gasteiger partial charge in [0.15, 0.2) is 0 Å². The molecule has 2 N–H and O–H groups in total. The van der Waals surface area contributed by atoms with E-state index in [2.05, 4.69) is 30.3 Å². The van der Waals surface area contributed by atoms with Crippen LogP contribution in [0.15, 0.2) is 12.2 Å². The van der Waals surface area contributed by atoms with Crippen molar-refractivity contribution in [3.8, 4) is 23.7 Å². The van der Waals surface area contributed by atoms with E-state index in [0.29, 0.717) is 12.8 Å². The summed E-state index contributed by atoms with van der Waals surface area (Å²) in [7, 11) is 0. The number of hydrogen-bond donors (Lipinski definition) is 2. The van der Waals surface area contributed by atoms with Crippen LogP contribution >= 0.6 is 0 Å². The standard InChI is InChI=1S/C14H20O2/c1-12(8-6-10-13(2,3)15)9-7-11-14(4,5)16/h15-16H,1,8-9H2,2-5H3. The Morgan fingerprint density at radius 2 is 1.25 bits per heavy atom. The molecule has 0 bridgehead atoms. The maximum atomic E-state index is 9.35. The zero-order valence-corrected chi connectivity index (χ0v) is 10.5. The van der Waals surface area contributed by atoms with E-state index >= 15 is 0 Å². The molecule has 16 heavy (non-hydrogen) atoms. The van der Waals surface area contributed by atoms with Crippen LogP contribution in [-0.4, -0.2) is 21.4 Å². The highest BCUT2D eigenvalue weighted by Gasteiger charge is 2.06. The van der Waals surface area contributed by atoms with E-state index in [1.807, 2.05) is 0 Å². The predicted molar refractivity (Wildman–Crippen MR) is 66.5 cm³/mol.